The van der Waals surface area contributed by atoms with Gasteiger partial charge in [0.1, 0.15) is 5.75 Å². The second kappa shape index (κ2) is 19.8. The van der Waals surface area contributed by atoms with Crippen molar-refractivity contribution < 1.29 is 5.11 Å². The number of unbranched alkanes of at least 4 members (excludes halogenated alkanes) is 12. The third-order valence-corrected chi connectivity index (χ3v) is 5.90. The van der Waals surface area contributed by atoms with Crippen LogP contribution in [0.1, 0.15) is 102 Å². The number of nitrogens with one attached hydrogen (secondary N) is 2. The van der Waals surface area contributed by atoms with Crippen molar-refractivity contribution >= 4 is 0 Å². The van der Waals surface area contributed by atoms with Crippen molar-refractivity contribution in [3.63, 3.8) is 0 Å². The molecular formula is C26H49N3O. The molecule has 4 heteroatoms. The number of phenolic OH excluding ortho intramolecular Hbond substituents is 1. The summed E-state index contributed by atoms with van der Waals surface area (Å²) in [6.07, 6.45) is 19.0. The van der Waals surface area contributed by atoms with Crippen molar-refractivity contribution in [3.8, 4) is 5.75 Å². The minimum Gasteiger partial charge on any atom is -0.508 e. The van der Waals surface area contributed by atoms with Crippen LogP contribution in [0.15, 0.2) is 18.2 Å². The highest BCUT2D eigenvalue weighted by Crippen LogP contribution is 2.23. The number of phenols is 1. The molecule has 0 heterocycles. The van der Waals surface area contributed by atoms with Gasteiger partial charge in [-0.1, -0.05) is 96.1 Å². The van der Waals surface area contributed by atoms with Crippen molar-refractivity contribution in [1.29, 1.82) is 0 Å². The average Bonchev–Trinajstić information content (AvgIpc) is 2.75. The molecule has 5 N–H and O–H groups in total. The first-order valence-corrected chi connectivity index (χ1v) is 12.7. The van der Waals surface area contributed by atoms with E-state index in [1.54, 1.807) is 6.07 Å². The second-order valence-electron chi connectivity index (χ2n) is 8.62. The summed E-state index contributed by atoms with van der Waals surface area (Å²) in [4.78, 5) is 0. The van der Waals surface area contributed by atoms with Crippen molar-refractivity contribution in [1.82, 2.24) is 10.6 Å². The van der Waals surface area contributed by atoms with E-state index in [-0.39, 0.29) is 0 Å². The average molecular weight is 420 g/mol. The Morgan fingerprint density at radius 1 is 0.733 bits per heavy atom. The van der Waals surface area contributed by atoms with Crippen molar-refractivity contribution in [2.24, 2.45) is 5.73 Å². The lowest BCUT2D eigenvalue weighted by molar-refractivity contribution is 0.462. The number of aryl methyl sites for hydroxylation is 1. The minimum atomic E-state index is 0.421. The quantitative estimate of drug-likeness (QED) is 0.194. The Kier molecular flexibility index (Phi) is 17.8. The molecule has 0 radical (unpaired) electrons. The summed E-state index contributed by atoms with van der Waals surface area (Å²) in [7, 11) is 0. The highest BCUT2D eigenvalue weighted by molar-refractivity contribution is 5.39. The first-order chi connectivity index (χ1) is 14.8. The molecule has 1 aromatic carbocycles. The Labute approximate surface area is 186 Å². The number of aromatic hydroxyl groups is 1. The molecule has 4 nitrogen and oxygen atoms in total. The normalized spacial score (nSPS) is 11.3. The van der Waals surface area contributed by atoms with E-state index in [0.29, 0.717) is 12.3 Å². The Balaban J connectivity index is 2.07. The molecule has 1 aromatic rings. The third-order valence-electron chi connectivity index (χ3n) is 5.90. The van der Waals surface area contributed by atoms with E-state index in [1.165, 1.54) is 89.0 Å². The molecule has 30 heavy (non-hydrogen) atoms. The van der Waals surface area contributed by atoms with Gasteiger partial charge in [0.2, 0.25) is 0 Å². The van der Waals surface area contributed by atoms with E-state index in [4.69, 9.17) is 5.73 Å². The maximum absolute atomic E-state index is 10.3. The number of hydrogen-bond acceptors (Lipinski definition) is 4. The minimum absolute atomic E-state index is 0.421. The van der Waals surface area contributed by atoms with Gasteiger partial charge >= 0.3 is 0 Å². The summed E-state index contributed by atoms with van der Waals surface area (Å²) in [5.41, 5.74) is 7.84. The zero-order valence-corrected chi connectivity index (χ0v) is 19.7. The van der Waals surface area contributed by atoms with Gasteiger partial charge in [0.05, 0.1) is 0 Å². The van der Waals surface area contributed by atoms with Gasteiger partial charge in [0.15, 0.2) is 0 Å². The Morgan fingerprint density at radius 3 is 1.90 bits per heavy atom. The Hall–Kier alpha value is -1.10. The molecule has 0 aliphatic rings. The van der Waals surface area contributed by atoms with E-state index in [0.717, 1.165) is 38.2 Å². The molecule has 0 aliphatic heterocycles. The predicted octanol–water partition coefficient (Wildman–Crippen LogP) is 5.66. The van der Waals surface area contributed by atoms with Crippen molar-refractivity contribution in [3.05, 3.63) is 29.3 Å². The van der Waals surface area contributed by atoms with E-state index in [1.807, 2.05) is 6.07 Å². The zero-order valence-electron chi connectivity index (χ0n) is 19.7. The first kappa shape index (κ1) is 26.9. The summed E-state index contributed by atoms with van der Waals surface area (Å²) >= 11 is 0. The van der Waals surface area contributed by atoms with Gasteiger partial charge in [-0.15, -0.1) is 0 Å². The lowest BCUT2D eigenvalue weighted by atomic mass is 9.99. The van der Waals surface area contributed by atoms with Gasteiger partial charge in [-0.2, -0.15) is 0 Å². The van der Waals surface area contributed by atoms with Crippen LogP contribution < -0.4 is 16.4 Å². The zero-order chi connectivity index (χ0) is 21.7. The fourth-order valence-electron chi connectivity index (χ4n) is 4.01. The number of nitrogens with two attached hydrogens (primary N) is 1. The van der Waals surface area contributed by atoms with E-state index < -0.39 is 0 Å². The van der Waals surface area contributed by atoms with Crippen LogP contribution in [-0.4, -0.2) is 31.3 Å². The van der Waals surface area contributed by atoms with Gasteiger partial charge in [0, 0.05) is 38.3 Å². The fraction of sp³-hybridized carbons (Fsp3) is 0.769. The molecule has 0 amide bonds. The summed E-state index contributed by atoms with van der Waals surface area (Å²) in [6, 6.07) is 5.94. The van der Waals surface area contributed by atoms with Gasteiger partial charge in [-0.05, 0) is 24.5 Å². The fourth-order valence-corrected chi connectivity index (χ4v) is 4.01. The van der Waals surface area contributed by atoms with Crippen LogP contribution in [0, 0.1) is 0 Å². The number of rotatable bonds is 21. The van der Waals surface area contributed by atoms with Crippen LogP contribution >= 0.6 is 0 Å². The predicted molar refractivity (Wildman–Crippen MR) is 131 cm³/mol. The van der Waals surface area contributed by atoms with Gasteiger partial charge in [-0.3, -0.25) is 0 Å². The first-order valence-electron chi connectivity index (χ1n) is 12.7. The Bertz CT molecular complexity index is 507. The lowest BCUT2D eigenvalue weighted by Crippen LogP contribution is -2.30. The highest BCUT2D eigenvalue weighted by Gasteiger charge is 2.07. The van der Waals surface area contributed by atoms with Crippen LogP contribution in [0.25, 0.3) is 0 Å². The molecule has 0 saturated heterocycles. The van der Waals surface area contributed by atoms with Gasteiger partial charge < -0.3 is 21.5 Å². The van der Waals surface area contributed by atoms with Gasteiger partial charge in [0.25, 0.3) is 0 Å². The standard InChI is InChI=1S/C26H49N3O/c1-2-3-4-5-6-7-8-9-10-11-12-13-14-16-24-17-15-18-26(30)25(24)23-29-22-21-28-20-19-27/h15,17-18,28-30H,2-14,16,19-23,27H2,1H3. The molecule has 0 fully saturated rings. The maximum atomic E-state index is 10.3. The monoisotopic (exact) mass is 419 g/mol. The molecule has 0 bridgehead atoms. The number of hydrogen-bond donors (Lipinski definition) is 4. The van der Waals surface area contributed by atoms with E-state index >= 15 is 0 Å². The van der Waals surface area contributed by atoms with Crippen LogP contribution in [0.5, 0.6) is 5.75 Å². The molecular weight excluding hydrogens is 370 g/mol. The molecule has 1 rings (SSSR count). The Morgan fingerprint density at radius 2 is 1.30 bits per heavy atom. The molecule has 0 atom stereocenters. The van der Waals surface area contributed by atoms with Gasteiger partial charge in [-0.25, -0.2) is 0 Å². The summed E-state index contributed by atoms with van der Waals surface area (Å²) in [5, 5.41) is 17.0. The third kappa shape index (κ3) is 14.0. The topological polar surface area (TPSA) is 70.3 Å². The summed E-state index contributed by atoms with van der Waals surface area (Å²) in [5.74, 6) is 0.421. The summed E-state index contributed by atoms with van der Waals surface area (Å²) < 4.78 is 0. The summed E-state index contributed by atoms with van der Waals surface area (Å²) in [6.45, 7) is 6.31. The van der Waals surface area contributed by atoms with Crippen LogP contribution in [0.4, 0.5) is 0 Å². The largest absolute Gasteiger partial charge is 0.508 e. The van der Waals surface area contributed by atoms with Crippen molar-refractivity contribution in [2.45, 2.75) is 103 Å². The van der Waals surface area contributed by atoms with Crippen LogP contribution in [0.3, 0.4) is 0 Å². The lowest BCUT2D eigenvalue weighted by Gasteiger charge is -2.13. The number of benzene rings is 1. The molecule has 0 spiro atoms. The molecule has 174 valence electrons. The molecule has 0 aliphatic carbocycles. The van der Waals surface area contributed by atoms with E-state index in [2.05, 4.69) is 23.6 Å². The second-order valence-corrected chi connectivity index (χ2v) is 8.62. The molecule has 0 saturated carbocycles. The smallest absolute Gasteiger partial charge is 0.120 e. The molecule has 0 aromatic heterocycles. The van der Waals surface area contributed by atoms with Crippen molar-refractivity contribution in [2.75, 3.05) is 26.2 Å². The highest BCUT2D eigenvalue weighted by atomic mass is 16.3. The SMILES string of the molecule is CCCCCCCCCCCCCCCc1cccc(O)c1CNCCNCCN. The van der Waals surface area contributed by atoms with Crippen LogP contribution in [0.2, 0.25) is 0 Å². The molecule has 0 unspecified atom stereocenters. The maximum Gasteiger partial charge on any atom is 0.120 e. The van der Waals surface area contributed by atoms with E-state index in [9.17, 15) is 5.11 Å². The van der Waals surface area contributed by atoms with Crippen LogP contribution in [-0.2, 0) is 13.0 Å².